The second-order valence-electron chi connectivity index (χ2n) is 14.7. The van der Waals surface area contributed by atoms with Gasteiger partial charge in [0.15, 0.2) is 0 Å². The molecule has 294 valence electrons. The second kappa shape index (κ2) is 20.4. The van der Waals surface area contributed by atoms with Crippen LogP contribution in [0.5, 0.6) is 5.75 Å². The topological polar surface area (TPSA) is 158 Å². The van der Waals surface area contributed by atoms with Gasteiger partial charge in [0.1, 0.15) is 24.4 Å². The first-order chi connectivity index (χ1) is 26.5. The summed E-state index contributed by atoms with van der Waals surface area (Å²) in [7, 11) is 1.53. The number of carbonyl (C=O) groups is 5. The molecule has 4 N–H and O–H groups in total. The minimum atomic E-state index is -1.08. The number of nitrogens with zero attached hydrogens (tertiary/aromatic N) is 2. The highest BCUT2D eigenvalue weighted by molar-refractivity contribution is 6.00. The molecule has 0 spiro atoms. The van der Waals surface area contributed by atoms with Crippen LogP contribution in [0.2, 0.25) is 0 Å². The van der Waals surface area contributed by atoms with Crippen molar-refractivity contribution in [2.75, 3.05) is 46.5 Å². The Hall–Kier alpha value is -5.27. The van der Waals surface area contributed by atoms with Crippen molar-refractivity contribution in [2.24, 2.45) is 5.92 Å². The Morgan fingerprint density at radius 1 is 0.836 bits per heavy atom. The molecule has 0 unspecified atom stereocenters. The lowest BCUT2D eigenvalue weighted by molar-refractivity contribution is -0.138. The van der Waals surface area contributed by atoms with Crippen molar-refractivity contribution in [1.82, 2.24) is 31.1 Å². The van der Waals surface area contributed by atoms with Crippen LogP contribution in [0.3, 0.4) is 0 Å². The van der Waals surface area contributed by atoms with E-state index in [1.807, 2.05) is 68.4 Å². The fraction of sp³-hybridized carbons (Fsp3) is 0.452. The molecule has 0 bridgehead atoms. The second-order valence-corrected chi connectivity index (χ2v) is 14.7. The molecular weight excluding hydrogens is 700 g/mol. The van der Waals surface area contributed by atoms with Gasteiger partial charge in [-0.05, 0) is 47.6 Å². The fourth-order valence-electron chi connectivity index (χ4n) is 6.73. The lowest BCUT2D eigenvalue weighted by Gasteiger charge is -2.27. The summed E-state index contributed by atoms with van der Waals surface area (Å²) < 4.78 is 11.6. The van der Waals surface area contributed by atoms with E-state index < -0.39 is 41.8 Å². The number of hydrogen-bond donors (Lipinski definition) is 4. The Kier molecular flexibility index (Phi) is 15.2. The summed E-state index contributed by atoms with van der Waals surface area (Å²) in [5.41, 5.74) is 3.09. The van der Waals surface area contributed by atoms with Crippen LogP contribution in [-0.2, 0) is 43.4 Å². The maximum atomic E-state index is 13.8. The number of likely N-dealkylation sites (N-methyl/N-ethyl adjacent to an activating group) is 1. The molecule has 13 heteroatoms. The molecule has 13 nitrogen and oxygen atoms in total. The molecule has 5 amide bonds. The minimum absolute atomic E-state index is 0.0358. The van der Waals surface area contributed by atoms with Crippen LogP contribution in [0.4, 0.5) is 0 Å². The highest BCUT2D eigenvalue weighted by Gasteiger charge is 2.29. The smallest absolute Gasteiger partial charge is 0.255 e. The van der Waals surface area contributed by atoms with Crippen molar-refractivity contribution in [1.29, 1.82) is 0 Å². The third-order valence-corrected chi connectivity index (χ3v) is 9.65. The van der Waals surface area contributed by atoms with E-state index in [1.165, 1.54) is 11.9 Å². The van der Waals surface area contributed by atoms with Crippen molar-refractivity contribution in [2.45, 2.75) is 70.7 Å². The van der Waals surface area contributed by atoms with E-state index in [1.54, 1.807) is 24.3 Å². The minimum Gasteiger partial charge on any atom is -0.491 e. The molecule has 1 fully saturated rings. The molecule has 3 aromatic rings. The Morgan fingerprint density at radius 3 is 2.25 bits per heavy atom. The number of morpholine rings is 1. The van der Waals surface area contributed by atoms with E-state index in [0.29, 0.717) is 6.42 Å². The van der Waals surface area contributed by atoms with E-state index in [2.05, 4.69) is 26.2 Å². The molecule has 1 saturated heterocycles. The number of rotatable bonds is 9. The SMILES string of the molecule is CC(C)C[C@H]1COc2ccccc2C(=O)N[C@H](C(=O)NCc2ccc(CN3CCOCC3)cc2)CCC(=O)N[C@@H](Cc2ccccc2)C(=O)N(C)CC(=O)N1. The first-order valence-corrected chi connectivity index (χ1v) is 19.1. The summed E-state index contributed by atoms with van der Waals surface area (Å²) in [6, 6.07) is 21.5. The Morgan fingerprint density at radius 2 is 1.53 bits per heavy atom. The number of ether oxygens (including phenoxy) is 2. The predicted molar refractivity (Wildman–Crippen MR) is 208 cm³/mol. The predicted octanol–water partition coefficient (Wildman–Crippen LogP) is 2.82. The monoisotopic (exact) mass is 754 g/mol. The van der Waals surface area contributed by atoms with Crippen molar-refractivity contribution >= 4 is 29.5 Å². The highest BCUT2D eigenvalue weighted by atomic mass is 16.5. The number of nitrogens with one attached hydrogen (secondary N) is 4. The molecular formula is C42H54N6O7. The van der Waals surface area contributed by atoms with Crippen LogP contribution >= 0.6 is 0 Å². The summed E-state index contributed by atoms with van der Waals surface area (Å²) in [5.74, 6) is -1.79. The molecule has 3 aromatic carbocycles. The molecule has 2 aliphatic rings. The van der Waals surface area contributed by atoms with Crippen LogP contribution in [-0.4, -0.2) is 104 Å². The summed E-state index contributed by atoms with van der Waals surface area (Å²) in [6.45, 7) is 8.16. The Bertz CT molecular complexity index is 1750. The Balaban J connectivity index is 1.35. The van der Waals surface area contributed by atoms with Gasteiger partial charge < -0.3 is 35.6 Å². The number of amides is 5. The summed E-state index contributed by atoms with van der Waals surface area (Å²) in [6.07, 6.45) is 0.589. The van der Waals surface area contributed by atoms with Gasteiger partial charge in [0, 0.05) is 46.1 Å². The van der Waals surface area contributed by atoms with E-state index in [0.717, 1.165) is 49.5 Å². The Labute approximate surface area is 323 Å². The molecule has 5 rings (SSSR count). The van der Waals surface area contributed by atoms with Gasteiger partial charge in [0.2, 0.25) is 23.6 Å². The van der Waals surface area contributed by atoms with Crippen LogP contribution in [0.25, 0.3) is 0 Å². The van der Waals surface area contributed by atoms with Crippen LogP contribution in [0.15, 0.2) is 78.9 Å². The van der Waals surface area contributed by atoms with Gasteiger partial charge in [-0.1, -0.05) is 80.6 Å². The van der Waals surface area contributed by atoms with Crippen LogP contribution in [0, 0.1) is 5.92 Å². The highest BCUT2D eigenvalue weighted by Crippen LogP contribution is 2.20. The van der Waals surface area contributed by atoms with E-state index in [4.69, 9.17) is 9.47 Å². The molecule has 2 aliphatic heterocycles. The number of fused-ring (bicyclic) bond motifs is 1. The zero-order chi connectivity index (χ0) is 39.2. The lowest BCUT2D eigenvalue weighted by atomic mass is 10.0. The average molecular weight is 755 g/mol. The third-order valence-electron chi connectivity index (χ3n) is 9.65. The standard InChI is InChI=1S/C42H54N6O7/c1-29(2)23-33-28-55-37-12-8-7-11-34(37)40(51)46-35(41(52)43-25-31-13-15-32(16-14-31)26-48-19-21-54-22-20-48)17-18-38(49)45-36(24-30-9-5-4-6-10-30)42(53)47(3)27-39(50)44-33/h4-16,29,33,35-36H,17-28H2,1-3H3,(H,43,52)(H,44,50)(H,45,49)(H,46,51)/t33-,35-,36-/m0/s1. The maximum absolute atomic E-state index is 13.8. The maximum Gasteiger partial charge on any atom is 0.255 e. The van der Waals surface area contributed by atoms with Crippen molar-refractivity contribution in [3.63, 3.8) is 0 Å². The summed E-state index contributed by atoms with van der Waals surface area (Å²) in [5, 5.41) is 11.6. The molecule has 0 saturated carbocycles. The molecule has 3 atom stereocenters. The summed E-state index contributed by atoms with van der Waals surface area (Å²) >= 11 is 0. The van der Waals surface area contributed by atoms with Gasteiger partial charge in [0.05, 0.1) is 31.4 Å². The number of para-hydroxylation sites is 1. The normalized spacial score (nSPS) is 20.9. The first-order valence-electron chi connectivity index (χ1n) is 19.1. The zero-order valence-electron chi connectivity index (χ0n) is 32.1. The van der Waals surface area contributed by atoms with Gasteiger partial charge in [-0.3, -0.25) is 28.9 Å². The average Bonchev–Trinajstić information content (AvgIpc) is 3.17. The number of hydrogen-bond acceptors (Lipinski definition) is 8. The summed E-state index contributed by atoms with van der Waals surface area (Å²) in [4.78, 5) is 71.7. The van der Waals surface area contributed by atoms with Crippen LogP contribution in [0.1, 0.15) is 60.2 Å². The van der Waals surface area contributed by atoms with Gasteiger partial charge in [-0.15, -0.1) is 0 Å². The third kappa shape index (κ3) is 12.9. The van der Waals surface area contributed by atoms with Gasteiger partial charge >= 0.3 is 0 Å². The molecule has 2 heterocycles. The van der Waals surface area contributed by atoms with Crippen molar-refractivity contribution in [3.05, 3.63) is 101 Å². The molecule has 0 aromatic heterocycles. The van der Waals surface area contributed by atoms with Gasteiger partial charge in [-0.2, -0.15) is 0 Å². The first kappa shape index (κ1) is 40.9. The van der Waals surface area contributed by atoms with Gasteiger partial charge in [0.25, 0.3) is 5.91 Å². The molecule has 0 aliphatic carbocycles. The number of carbonyl (C=O) groups excluding carboxylic acids is 5. The van der Waals surface area contributed by atoms with E-state index >= 15 is 0 Å². The van der Waals surface area contributed by atoms with Crippen molar-refractivity contribution in [3.8, 4) is 5.75 Å². The van der Waals surface area contributed by atoms with Gasteiger partial charge in [-0.25, -0.2) is 0 Å². The van der Waals surface area contributed by atoms with E-state index in [-0.39, 0.29) is 62.1 Å². The lowest BCUT2D eigenvalue weighted by Crippen LogP contribution is -2.52. The zero-order valence-corrected chi connectivity index (χ0v) is 32.1. The number of benzene rings is 3. The quantitative estimate of drug-likeness (QED) is 0.260. The fourth-order valence-corrected chi connectivity index (χ4v) is 6.73. The van der Waals surface area contributed by atoms with Crippen LogP contribution < -0.4 is 26.0 Å². The molecule has 0 radical (unpaired) electrons. The largest absolute Gasteiger partial charge is 0.491 e. The molecule has 55 heavy (non-hydrogen) atoms. The van der Waals surface area contributed by atoms with E-state index in [9.17, 15) is 24.0 Å². The van der Waals surface area contributed by atoms with Crippen molar-refractivity contribution < 1.29 is 33.4 Å².